The van der Waals surface area contributed by atoms with Gasteiger partial charge in [-0.3, -0.25) is 14.9 Å². The SMILES string of the molecule is COC(=O)Nc1ccc2c(c1)NC(=O)C[C@@H](C)CCC[C@H](NC(=O)c1nnn(-c3cccc(Cl)c3F)c1C)c1nc-2c[nH]1. The lowest BCUT2D eigenvalue weighted by Gasteiger charge is -2.18. The first-order chi connectivity index (χ1) is 20.6. The summed E-state index contributed by atoms with van der Waals surface area (Å²) in [6.45, 7) is 3.61. The summed E-state index contributed by atoms with van der Waals surface area (Å²) in [6.07, 6.45) is 3.31. The number of methoxy groups -OCH3 is 1. The average molecular weight is 609 g/mol. The second-order valence-corrected chi connectivity index (χ2v) is 10.8. The number of carbonyl (C=O) groups is 3. The molecule has 2 atom stereocenters. The highest BCUT2D eigenvalue weighted by Gasteiger charge is 2.26. The van der Waals surface area contributed by atoms with Gasteiger partial charge in [0.2, 0.25) is 5.91 Å². The van der Waals surface area contributed by atoms with E-state index in [0.717, 1.165) is 6.42 Å². The predicted molar refractivity (Wildman–Crippen MR) is 158 cm³/mol. The molecule has 224 valence electrons. The molecule has 2 bridgehead atoms. The predicted octanol–water partition coefficient (Wildman–Crippen LogP) is 5.56. The van der Waals surface area contributed by atoms with E-state index in [1.807, 2.05) is 6.92 Å². The topological polar surface area (TPSA) is 156 Å². The van der Waals surface area contributed by atoms with Crippen LogP contribution < -0.4 is 16.0 Å². The molecule has 1 aliphatic heterocycles. The van der Waals surface area contributed by atoms with Crippen LogP contribution in [-0.2, 0) is 9.53 Å². The third-order valence-electron chi connectivity index (χ3n) is 7.23. The Bertz CT molecular complexity index is 1690. The summed E-state index contributed by atoms with van der Waals surface area (Å²) in [5, 5.41) is 16.5. The van der Waals surface area contributed by atoms with E-state index in [4.69, 9.17) is 16.6 Å². The molecule has 2 aromatic heterocycles. The highest BCUT2D eigenvalue weighted by molar-refractivity contribution is 6.30. The van der Waals surface area contributed by atoms with Crippen LogP contribution in [0.4, 0.5) is 20.6 Å². The Morgan fingerprint density at radius 3 is 2.81 bits per heavy atom. The highest BCUT2D eigenvalue weighted by atomic mass is 35.5. The first-order valence-corrected chi connectivity index (χ1v) is 14.0. The van der Waals surface area contributed by atoms with Gasteiger partial charge < -0.3 is 20.4 Å². The molecular weight excluding hydrogens is 579 g/mol. The number of ether oxygens (including phenoxy) is 1. The standard InChI is InChI=1S/C29H30ClFN8O4/c1-15-6-4-8-20(36-28(41)26-16(2)39(38-37-26)23-9-5-7-19(30)25(23)31)27-32-14-22(35-27)18-11-10-17(33-29(42)43-3)13-21(18)34-24(40)12-15/h5,7,9-11,13-15,20H,4,6,8,12H2,1-3H3,(H,32,35)(H,33,42)(H,34,40)(H,36,41)/t15-,20-/m0/s1. The Kier molecular flexibility index (Phi) is 8.71. The van der Waals surface area contributed by atoms with E-state index >= 15 is 0 Å². The van der Waals surface area contributed by atoms with Crippen LogP contribution in [0.3, 0.4) is 0 Å². The number of amides is 3. The molecule has 12 nitrogen and oxygen atoms in total. The fourth-order valence-electron chi connectivity index (χ4n) is 4.99. The quantitative estimate of drug-likeness (QED) is 0.236. The van der Waals surface area contributed by atoms with E-state index in [2.05, 4.69) is 36.0 Å². The maximum absolute atomic E-state index is 14.7. The van der Waals surface area contributed by atoms with Crippen LogP contribution in [0.5, 0.6) is 0 Å². The lowest BCUT2D eigenvalue weighted by molar-refractivity contribution is -0.117. The number of rotatable bonds is 4. The fourth-order valence-corrected chi connectivity index (χ4v) is 5.16. The molecule has 14 heteroatoms. The van der Waals surface area contributed by atoms with Crippen LogP contribution in [-0.4, -0.2) is 50.0 Å². The smallest absolute Gasteiger partial charge is 0.411 e. The average Bonchev–Trinajstić information content (AvgIpc) is 3.61. The monoisotopic (exact) mass is 608 g/mol. The number of hydrogen-bond donors (Lipinski definition) is 4. The number of aromatic amines is 1. The van der Waals surface area contributed by atoms with Crippen molar-refractivity contribution in [2.75, 3.05) is 17.7 Å². The maximum atomic E-state index is 14.7. The largest absolute Gasteiger partial charge is 0.453 e. The van der Waals surface area contributed by atoms with Crippen LogP contribution in [0.2, 0.25) is 5.02 Å². The fraction of sp³-hybridized carbons (Fsp3) is 0.310. The Morgan fingerprint density at radius 1 is 1.21 bits per heavy atom. The van der Waals surface area contributed by atoms with E-state index in [9.17, 15) is 18.8 Å². The number of aromatic nitrogens is 5. The molecule has 0 saturated heterocycles. The molecule has 0 radical (unpaired) electrons. The Morgan fingerprint density at radius 2 is 2.02 bits per heavy atom. The molecule has 43 heavy (non-hydrogen) atoms. The number of nitrogens with one attached hydrogen (secondary N) is 4. The van der Waals surface area contributed by atoms with Crippen LogP contribution in [0, 0.1) is 18.7 Å². The number of fused-ring (bicyclic) bond motifs is 4. The molecule has 3 heterocycles. The molecule has 2 aromatic carbocycles. The van der Waals surface area contributed by atoms with Crippen LogP contribution >= 0.6 is 11.6 Å². The van der Waals surface area contributed by atoms with E-state index in [-0.39, 0.29) is 28.2 Å². The van der Waals surface area contributed by atoms with Crippen LogP contribution in [0.15, 0.2) is 42.6 Å². The summed E-state index contributed by atoms with van der Waals surface area (Å²) < 4.78 is 20.6. The van der Waals surface area contributed by atoms with Crippen molar-refractivity contribution in [3.63, 3.8) is 0 Å². The minimum atomic E-state index is -0.668. The Labute approximate surface area is 251 Å². The van der Waals surface area contributed by atoms with E-state index < -0.39 is 23.9 Å². The molecule has 1 aliphatic rings. The number of carbonyl (C=O) groups excluding carboxylic acids is 3. The third kappa shape index (κ3) is 6.51. The molecule has 0 fully saturated rings. The van der Waals surface area contributed by atoms with Crippen molar-refractivity contribution in [1.82, 2.24) is 30.3 Å². The molecule has 0 saturated carbocycles. The molecule has 3 amide bonds. The van der Waals surface area contributed by atoms with Gasteiger partial charge in [-0.25, -0.2) is 18.9 Å². The van der Waals surface area contributed by atoms with Gasteiger partial charge in [0.25, 0.3) is 5.91 Å². The summed E-state index contributed by atoms with van der Waals surface area (Å²) >= 11 is 5.93. The third-order valence-corrected chi connectivity index (χ3v) is 7.52. The van der Waals surface area contributed by atoms with Gasteiger partial charge in [0.05, 0.1) is 35.2 Å². The van der Waals surface area contributed by atoms with Gasteiger partial charge in [-0.15, -0.1) is 5.10 Å². The number of nitrogens with zero attached hydrogens (tertiary/aromatic N) is 4. The van der Waals surface area contributed by atoms with Crippen molar-refractivity contribution in [2.45, 2.75) is 45.6 Å². The first-order valence-electron chi connectivity index (χ1n) is 13.7. The Hall–Kier alpha value is -4.78. The van der Waals surface area contributed by atoms with Crippen LogP contribution in [0.25, 0.3) is 16.9 Å². The molecule has 0 spiro atoms. The number of halogens is 2. The summed E-state index contributed by atoms with van der Waals surface area (Å²) in [4.78, 5) is 46.0. The lowest BCUT2D eigenvalue weighted by atomic mass is 9.97. The second kappa shape index (κ2) is 12.6. The summed E-state index contributed by atoms with van der Waals surface area (Å²) in [5.41, 5.74) is 2.50. The van der Waals surface area contributed by atoms with Gasteiger partial charge >= 0.3 is 6.09 Å². The van der Waals surface area contributed by atoms with Gasteiger partial charge in [0.1, 0.15) is 11.5 Å². The minimum Gasteiger partial charge on any atom is -0.453 e. The van der Waals surface area contributed by atoms with Gasteiger partial charge in [-0.2, -0.15) is 0 Å². The zero-order chi connectivity index (χ0) is 30.7. The number of anilines is 2. The summed E-state index contributed by atoms with van der Waals surface area (Å²) in [6, 6.07) is 9.02. The van der Waals surface area contributed by atoms with Crippen LogP contribution in [0.1, 0.15) is 60.7 Å². The normalized spacial score (nSPS) is 17.0. The van der Waals surface area contributed by atoms with Crippen molar-refractivity contribution in [3.8, 4) is 16.9 Å². The van der Waals surface area contributed by atoms with Crippen molar-refractivity contribution in [3.05, 3.63) is 70.6 Å². The number of H-pyrrole nitrogens is 1. The van der Waals surface area contributed by atoms with Gasteiger partial charge in [0.15, 0.2) is 11.5 Å². The zero-order valence-corrected chi connectivity index (χ0v) is 24.5. The Balaban J connectivity index is 1.45. The first kappa shape index (κ1) is 29.7. The zero-order valence-electron chi connectivity index (χ0n) is 23.7. The molecule has 0 unspecified atom stereocenters. The molecule has 5 rings (SSSR count). The van der Waals surface area contributed by atoms with Gasteiger partial charge in [0, 0.05) is 23.9 Å². The number of imidazole rings is 1. The maximum Gasteiger partial charge on any atom is 0.411 e. The lowest BCUT2D eigenvalue weighted by Crippen LogP contribution is -2.30. The van der Waals surface area contributed by atoms with Crippen molar-refractivity contribution >= 4 is 40.9 Å². The minimum absolute atomic E-state index is 0.0354. The highest BCUT2D eigenvalue weighted by Crippen LogP contribution is 2.32. The van der Waals surface area contributed by atoms with E-state index in [1.165, 1.54) is 23.9 Å². The van der Waals surface area contributed by atoms with Crippen molar-refractivity contribution in [1.29, 1.82) is 0 Å². The van der Waals surface area contributed by atoms with E-state index in [1.54, 1.807) is 37.4 Å². The summed E-state index contributed by atoms with van der Waals surface area (Å²) in [7, 11) is 1.26. The molecule has 4 N–H and O–H groups in total. The number of hydrogen-bond acceptors (Lipinski definition) is 7. The second-order valence-electron chi connectivity index (χ2n) is 10.4. The molecular formula is C29H30ClFN8O4. The van der Waals surface area contributed by atoms with Crippen molar-refractivity contribution < 1.29 is 23.5 Å². The molecule has 4 aromatic rings. The number of benzene rings is 2. The van der Waals surface area contributed by atoms with Gasteiger partial charge in [-0.1, -0.05) is 42.6 Å². The summed E-state index contributed by atoms with van der Waals surface area (Å²) in [5.74, 6) is -0.757. The van der Waals surface area contributed by atoms with Gasteiger partial charge in [-0.05, 0) is 49.6 Å². The van der Waals surface area contributed by atoms with Crippen molar-refractivity contribution in [2.24, 2.45) is 5.92 Å². The van der Waals surface area contributed by atoms with E-state index in [0.29, 0.717) is 53.4 Å². The molecule has 0 aliphatic carbocycles.